The summed E-state index contributed by atoms with van der Waals surface area (Å²) in [5.41, 5.74) is 3.55. The second-order valence-corrected chi connectivity index (χ2v) is 6.04. The van der Waals surface area contributed by atoms with E-state index in [-0.39, 0.29) is 11.2 Å². The van der Waals surface area contributed by atoms with E-state index in [0.717, 1.165) is 25.0 Å². The fourth-order valence-electron chi connectivity index (χ4n) is 2.32. The van der Waals surface area contributed by atoms with Crippen LogP contribution >= 0.6 is 11.8 Å². The van der Waals surface area contributed by atoms with Crippen LogP contribution in [0, 0.1) is 0 Å². The Balaban J connectivity index is 1.86. The molecule has 1 heterocycles. The highest BCUT2D eigenvalue weighted by molar-refractivity contribution is 8.15. The van der Waals surface area contributed by atoms with Crippen molar-refractivity contribution in [3.63, 3.8) is 0 Å². The summed E-state index contributed by atoms with van der Waals surface area (Å²) >= 11 is 1.43. The van der Waals surface area contributed by atoms with E-state index in [9.17, 15) is 4.79 Å². The second-order valence-electron chi connectivity index (χ2n) is 4.71. The molecule has 0 aromatic heterocycles. The minimum Gasteiger partial charge on any atom is -0.303 e. The molecule has 1 aromatic carbocycles. The van der Waals surface area contributed by atoms with E-state index in [1.807, 2.05) is 13.0 Å². The van der Waals surface area contributed by atoms with E-state index < -0.39 is 0 Å². The fourth-order valence-corrected chi connectivity index (χ4v) is 3.06. The lowest BCUT2D eigenvalue weighted by atomic mass is 9.90. The molecule has 0 saturated carbocycles. The number of amidine groups is 1. The first-order valence-corrected chi connectivity index (χ1v) is 7.32. The molecule has 1 saturated heterocycles. The van der Waals surface area contributed by atoms with Gasteiger partial charge in [0, 0.05) is 5.56 Å². The van der Waals surface area contributed by atoms with Gasteiger partial charge in [0.05, 0.1) is 11.0 Å². The zero-order valence-electron chi connectivity index (χ0n) is 10.7. The maximum absolute atomic E-state index is 11.4. The molecule has 0 radical (unpaired) electrons. The molecule has 0 spiro atoms. The number of benzene rings is 1. The Kier molecular flexibility index (Phi) is 3.38. The van der Waals surface area contributed by atoms with Crippen molar-refractivity contribution >= 4 is 28.5 Å². The number of fused-ring (bicyclic) bond motifs is 1. The van der Waals surface area contributed by atoms with Crippen LogP contribution in [0.15, 0.2) is 34.5 Å². The molecule has 1 aliphatic heterocycles. The van der Waals surface area contributed by atoms with Crippen LogP contribution in [0.3, 0.4) is 0 Å². The van der Waals surface area contributed by atoms with Crippen LogP contribution in [0.1, 0.15) is 30.9 Å². The largest absolute Gasteiger partial charge is 0.303 e. The molecule has 5 heteroatoms. The van der Waals surface area contributed by atoms with Crippen LogP contribution in [0.25, 0.3) is 0 Å². The van der Waals surface area contributed by atoms with Gasteiger partial charge in [0.2, 0.25) is 5.91 Å². The molecule has 1 aliphatic carbocycles. The summed E-state index contributed by atoms with van der Waals surface area (Å²) < 4.78 is 0. The zero-order chi connectivity index (χ0) is 13.2. The molecule has 19 heavy (non-hydrogen) atoms. The third-order valence-electron chi connectivity index (χ3n) is 3.34. The van der Waals surface area contributed by atoms with Crippen molar-refractivity contribution in [2.75, 3.05) is 0 Å². The summed E-state index contributed by atoms with van der Waals surface area (Å²) in [5, 5.41) is 11.8. The maximum Gasteiger partial charge on any atom is 0.239 e. The number of thioether (sulfide) groups is 1. The quantitative estimate of drug-likeness (QED) is 0.798. The molecule has 1 aromatic rings. The van der Waals surface area contributed by atoms with Crippen molar-refractivity contribution < 1.29 is 4.79 Å². The summed E-state index contributed by atoms with van der Waals surface area (Å²) in [4.78, 5) is 11.4. The van der Waals surface area contributed by atoms with Crippen molar-refractivity contribution in [1.29, 1.82) is 0 Å². The van der Waals surface area contributed by atoms with Gasteiger partial charge < -0.3 is 5.32 Å². The SMILES string of the molecule is C[C@@H]1SC(=N/N=C2\CCCc3ccccc32)NC1=O. The van der Waals surface area contributed by atoms with Gasteiger partial charge in [-0.05, 0) is 31.7 Å². The molecule has 0 bridgehead atoms. The summed E-state index contributed by atoms with van der Waals surface area (Å²) in [6.07, 6.45) is 3.16. The summed E-state index contributed by atoms with van der Waals surface area (Å²) in [6.45, 7) is 1.87. The Bertz CT molecular complexity index is 580. The Hall–Kier alpha value is -1.62. The molecule has 1 amide bonds. The molecular formula is C14H15N3OS. The Labute approximate surface area is 116 Å². The van der Waals surface area contributed by atoms with E-state index in [1.54, 1.807) is 0 Å². The van der Waals surface area contributed by atoms with Gasteiger partial charge in [-0.25, -0.2) is 0 Å². The normalized spacial score (nSPS) is 26.6. The van der Waals surface area contributed by atoms with E-state index >= 15 is 0 Å². The fraction of sp³-hybridized carbons (Fsp3) is 0.357. The minimum absolute atomic E-state index is 0.00740. The van der Waals surface area contributed by atoms with Gasteiger partial charge in [-0.2, -0.15) is 5.10 Å². The predicted octanol–water partition coefficient (Wildman–Crippen LogP) is 2.33. The number of rotatable bonds is 1. The molecule has 98 valence electrons. The smallest absolute Gasteiger partial charge is 0.239 e. The van der Waals surface area contributed by atoms with Crippen molar-refractivity contribution in [3.05, 3.63) is 35.4 Å². The first-order chi connectivity index (χ1) is 9.24. The number of nitrogens with one attached hydrogen (secondary N) is 1. The van der Waals surface area contributed by atoms with E-state index in [0.29, 0.717) is 5.17 Å². The molecule has 1 fully saturated rings. The van der Waals surface area contributed by atoms with E-state index in [4.69, 9.17) is 0 Å². The topological polar surface area (TPSA) is 53.8 Å². The van der Waals surface area contributed by atoms with Crippen LogP contribution in [0.2, 0.25) is 0 Å². The number of carbonyl (C=O) groups excluding carboxylic acids is 1. The number of hydrogen-bond acceptors (Lipinski definition) is 4. The lowest BCUT2D eigenvalue weighted by Gasteiger charge is -2.16. The molecule has 3 rings (SSSR count). The highest BCUT2D eigenvalue weighted by Crippen LogP contribution is 2.22. The predicted molar refractivity (Wildman–Crippen MR) is 78.5 cm³/mol. The van der Waals surface area contributed by atoms with Gasteiger partial charge in [0.15, 0.2) is 5.17 Å². The number of aryl methyl sites for hydroxylation is 1. The summed E-state index contributed by atoms with van der Waals surface area (Å²) in [5.74, 6) is 0.00740. The van der Waals surface area contributed by atoms with Gasteiger partial charge in [0.25, 0.3) is 0 Å². The number of amides is 1. The van der Waals surface area contributed by atoms with Crippen LogP contribution in [-0.2, 0) is 11.2 Å². The molecule has 0 unspecified atom stereocenters. The lowest BCUT2D eigenvalue weighted by Crippen LogP contribution is -2.23. The third kappa shape index (κ3) is 2.56. The van der Waals surface area contributed by atoms with Crippen molar-refractivity contribution in [2.45, 2.75) is 31.4 Å². The highest BCUT2D eigenvalue weighted by atomic mass is 32.2. The van der Waals surface area contributed by atoms with Gasteiger partial charge in [0.1, 0.15) is 0 Å². The average Bonchev–Trinajstić information content (AvgIpc) is 2.75. The van der Waals surface area contributed by atoms with E-state index in [1.165, 1.54) is 22.9 Å². The Morgan fingerprint density at radius 3 is 2.89 bits per heavy atom. The Morgan fingerprint density at radius 1 is 1.26 bits per heavy atom. The standard InChI is InChI=1S/C14H15N3OS/c1-9-13(18)15-14(19-9)17-16-12-8-4-6-10-5-2-3-7-11(10)12/h2-3,5,7,9H,4,6,8H2,1H3,(H,15,17,18)/b16-12+/t9-/m0/s1. The molecule has 4 nitrogen and oxygen atoms in total. The Morgan fingerprint density at radius 2 is 2.11 bits per heavy atom. The van der Waals surface area contributed by atoms with Crippen LogP contribution in [-0.4, -0.2) is 22.0 Å². The first kappa shape index (κ1) is 12.4. The molecule has 2 aliphatic rings. The molecule has 1 atom stereocenters. The number of carbonyl (C=O) groups is 1. The van der Waals surface area contributed by atoms with Gasteiger partial charge in [-0.1, -0.05) is 36.0 Å². The van der Waals surface area contributed by atoms with Crippen LogP contribution in [0.4, 0.5) is 0 Å². The van der Waals surface area contributed by atoms with Crippen molar-refractivity contribution in [1.82, 2.24) is 5.32 Å². The maximum atomic E-state index is 11.4. The minimum atomic E-state index is -0.0717. The second kappa shape index (κ2) is 5.17. The van der Waals surface area contributed by atoms with Crippen LogP contribution in [0.5, 0.6) is 0 Å². The lowest BCUT2D eigenvalue weighted by molar-refractivity contribution is -0.118. The van der Waals surface area contributed by atoms with E-state index in [2.05, 4.69) is 33.7 Å². The van der Waals surface area contributed by atoms with Crippen LogP contribution < -0.4 is 5.32 Å². The molecule has 1 N–H and O–H groups in total. The first-order valence-electron chi connectivity index (χ1n) is 6.44. The van der Waals surface area contributed by atoms with Gasteiger partial charge in [-0.15, -0.1) is 5.10 Å². The van der Waals surface area contributed by atoms with Crippen molar-refractivity contribution in [2.24, 2.45) is 10.2 Å². The monoisotopic (exact) mass is 273 g/mol. The van der Waals surface area contributed by atoms with Gasteiger partial charge in [-0.3, -0.25) is 4.79 Å². The highest BCUT2D eigenvalue weighted by Gasteiger charge is 2.26. The zero-order valence-corrected chi connectivity index (χ0v) is 11.5. The van der Waals surface area contributed by atoms with Crippen molar-refractivity contribution in [3.8, 4) is 0 Å². The number of nitrogens with zero attached hydrogens (tertiary/aromatic N) is 2. The van der Waals surface area contributed by atoms with Gasteiger partial charge >= 0.3 is 0 Å². The average molecular weight is 273 g/mol. The summed E-state index contributed by atoms with van der Waals surface area (Å²) in [7, 11) is 0. The molecular weight excluding hydrogens is 258 g/mol. The number of hydrogen-bond donors (Lipinski definition) is 1. The summed E-state index contributed by atoms with van der Waals surface area (Å²) in [6, 6.07) is 8.32. The third-order valence-corrected chi connectivity index (χ3v) is 4.31.